The monoisotopic (exact) mass is 193 g/mol. The van der Waals surface area contributed by atoms with E-state index < -0.39 is 0 Å². The molecule has 0 amide bonds. The van der Waals surface area contributed by atoms with Crippen molar-refractivity contribution in [1.29, 1.82) is 0 Å². The van der Waals surface area contributed by atoms with Crippen molar-refractivity contribution in [3.63, 3.8) is 0 Å². The molecular formula is C11H15NS. The van der Waals surface area contributed by atoms with Gasteiger partial charge in [-0.2, -0.15) is 0 Å². The standard InChI is InChI=1S/C11H15NS/c1-8-9-4-3-5-11(13-2)10(9)6-7-12-8/h3-5,8,12H,6-7H2,1-2H3/t8-/m0/s1. The molecule has 0 unspecified atom stereocenters. The van der Waals surface area contributed by atoms with Crippen LogP contribution in [0.15, 0.2) is 23.1 Å². The molecule has 2 heteroatoms. The van der Waals surface area contributed by atoms with Gasteiger partial charge in [0.25, 0.3) is 0 Å². The van der Waals surface area contributed by atoms with Gasteiger partial charge in [-0.25, -0.2) is 0 Å². The molecule has 2 rings (SSSR count). The van der Waals surface area contributed by atoms with Gasteiger partial charge in [-0.1, -0.05) is 12.1 Å². The summed E-state index contributed by atoms with van der Waals surface area (Å²) in [6.45, 7) is 3.36. The number of hydrogen-bond donors (Lipinski definition) is 1. The molecule has 0 saturated heterocycles. The number of nitrogens with one attached hydrogen (secondary N) is 1. The summed E-state index contributed by atoms with van der Waals surface area (Å²) in [6.07, 6.45) is 3.33. The van der Waals surface area contributed by atoms with E-state index in [2.05, 4.69) is 36.7 Å². The Balaban J connectivity index is 2.48. The van der Waals surface area contributed by atoms with Crippen LogP contribution in [0, 0.1) is 0 Å². The Hall–Kier alpha value is -0.470. The first-order valence-corrected chi connectivity index (χ1v) is 5.94. The van der Waals surface area contributed by atoms with E-state index in [0.717, 1.165) is 6.54 Å². The van der Waals surface area contributed by atoms with Gasteiger partial charge in [0, 0.05) is 10.9 Å². The first kappa shape index (κ1) is 9.10. The topological polar surface area (TPSA) is 12.0 Å². The summed E-state index contributed by atoms with van der Waals surface area (Å²) in [4.78, 5) is 1.45. The van der Waals surface area contributed by atoms with Crippen molar-refractivity contribution in [3.05, 3.63) is 29.3 Å². The third-order valence-corrected chi connectivity index (χ3v) is 3.50. The van der Waals surface area contributed by atoms with Gasteiger partial charge in [-0.15, -0.1) is 11.8 Å². The average molecular weight is 193 g/mol. The van der Waals surface area contributed by atoms with Crippen molar-refractivity contribution in [2.24, 2.45) is 0 Å². The van der Waals surface area contributed by atoms with E-state index in [1.54, 1.807) is 5.56 Å². The minimum Gasteiger partial charge on any atom is -0.310 e. The normalized spacial score (nSPS) is 21.2. The second-order valence-electron chi connectivity index (χ2n) is 3.45. The number of fused-ring (bicyclic) bond motifs is 1. The summed E-state index contributed by atoms with van der Waals surface area (Å²) in [5.41, 5.74) is 3.04. The molecule has 1 aliphatic heterocycles. The van der Waals surface area contributed by atoms with Gasteiger partial charge in [0.05, 0.1) is 0 Å². The summed E-state index contributed by atoms with van der Waals surface area (Å²) in [6, 6.07) is 7.15. The smallest absolute Gasteiger partial charge is 0.0295 e. The van der Waals surface area contributed by atoms with Crippen molar-refractivity contribution in [3.8, 4) is 0 Å². The van der Waals surface area contributed by atoms with Crippen LogP contribution in [0.1, 0.15) is 24.1 Å². The Bertz CT molecular complexity index is 309. The summed E-state index contributed by atoms with van der Waals surface area (Å²) >= 11 is 1.86. The molecule has 13 heavy (non-hydrogen) atoms. The highest BCUT2D eigenvalue weighted by Crippen LogP contribution is 2.29. The number of thioether (sulfide) groups is 1. The molecule has 1 atom stereocenters. The molecule has 1 N–H and O–H groups in total. The summed E-state index contributed by atoms with van der Waals surface area (Å²) < 4.78 is 0. The van der Waals surface area contributed by atoms with Crippen molar-refractivity contribution in [2.75, 3.05) is 12.8 Å². The molecule has 0 bridgehead atoms. The molecule has 0 spiro atoms. The van der Waals surface area contributed by atoms with Crippen LogP contribution in [0.5, 0.6) is 0 Å². The molecular weight excluding hydrogens is 178 g/mol. The molecule has 0 fully saturated rings. The Labute approximate surface area is 83.9 Å². The van der Waals surface area contributed by atoms with Gasteiger partial charge in [0.15, 0.2) is 0 Å². The predicted octanol–water partition coefficient (Wildman–Crippen LogP) is 2.62. The molecule has 0 aliphatic carbocycles. The summed E-state index contributed by atoms with van der Waals surface area (Å²) in [5.74, 6) is 0. The Kier molecular flexibility index (Phi) is 2.61. The average Bonchev–Trinajstić information content (AvgIpc) is 2.18. The minimum atomic E-state index is 0.524. The molecule has 1 aromatic rings. The highest BCUT2D eigenvalue weighted by atomic mass is 32.2. The van der Waals surface area contributed by atoms with Crippen molar-refractivity contribution in [2.45, 2.75) is 24.3 Å². The fourth-order valence-electron chi connectivity index (χ4n) is 1.97. The van der Waals surface area contributed by atoms with Gasteiger partial charge in [-0.3, -0.25) is 0 Å². The summed E-state index contributed by atoms with van der Waals surface area (Å²) in [5, 5.41) is 3.48. The largest absolute Gasteiger partial charge is 0.310 e. The maximum atomic E-state index is 3.48. The van der Waals surface area contributed by atoms with Crippen LogP contribution in [-0.4, -0.2) is 12.8 Å². The van der Waals surface area contributed by atoms with Crippen LogP contribution >= 0.6 is 11.8 Å². The summed E-state index contributed by atoms with van der Waals surface area (Å²) in [7, 11) is 0. The van der Waals surface area contributed by atoms with Crippen LogP contribution in [0.4, 0.5) is 0 Å². The van der Waals surface area contributed by atoms with Crippen LogP contribution in [0.3, 0.4) is 0 Å². The molecule has 70 valence electrons. The van der Waals surface area contributed by atoms with E-state index in [9.17, 15) is 0 Å². The Morgan fingerprint density at radius 1 is 1.46 bits per heavy atom. The lowest BCUT2D eigenvalue weighted by Gasteiger charge is -2.25. The zero-order valence-electron chi connectivity index (χ0n) is 8.13. The molecule has 0 radical (unpaired) electrons. The quantitative estimate of drug-likeness (QED) is 0.688. The Morgan fingerprint density at radius 3 is 3.08 bits per heavy atom. The molecule has 1 nitrogen and oxygen atoms in total. The van der Waals surface area contributed by atoms with Crippen LogP contribution in [0.2, 0.25) is 0 Å². The van der Waals surface area contributed by atoms with Crippen LogP contribution in [0.25, 0.3) is 0 Å². The van der Waals surface area contributed by atoms with Crippen molar-refractivity contribution >= 4 is 11.8 Å². The number of hydrogen-bond acceptors (Lipinski definition) is 2. The maximum absolute atomic E-state index is 3.48. The van der Waals surface area contributed by atoms with Gasteiger partial charge in [0.1, 0.15) is 0 Å². The number of benzene rings is 1. The van der Waals surface area contributed by atoms with E-state index >= 15 is 0 Å². The van der Waals surface area contributed by atoms with Gasteiger partial charge < -0.3 is 5.32 Å². The lowest BCUT2D eigenvalue weighted by atomic mass is 9.95. The molecule has 1 heterocycles. The van der Waals surface area contributed by atoms with Gasteiger partial charge in [-0.05, 0) is 43.3 Å². The van der Waals surface area contributed by atoms with Gasteiger partial charge >= 0.3 is 0 Å². The first-order chi connectivity index (χ1) is 6.33. The van der Waals surface area contributed by atoms with E-state index in [1.165, 1.54) is 16.9 Å². The highest BCUT2D eigenvalue weighted by molar-refractivity contribution is 7.98. The van der Waals surface area contributed by atoms with E-state index in [4.69, 9.17) is 0 Å². The number of rotatable bonds is 1. The second-order valence-corrected chi connectivity index (χ2v) is 4.30. The lowest BCUT2D eigenvalue weighted by Crippen LogP contribution is -2.28. The van der Waals surface area contributed by atoms with Gasteiger partial charge in [0.2, 0.25) is 0 Å². The minimum absolute atomic E-state index is 0.524. The maximum Gasteiger partial charge on any atom is 0.0295 e. The zero-order valence-corrected chi connectivity index (χ0v) is 8.95. The SMILES string of the molecule is CSc1cccc2c1CCN[C@H]2C. The first-order valence-electron chi connectivity index (χ1n) is 4.72. The zero-order chi connectivity index (χ0) is 9.26. The molecule has 1 aromatic carbocycles. The van der Waals surface area contributed by atoms with E-state index in [-0.39, 0.29) is 0 Å². The van der Waals surface area contributed by atoms with E-state index in [1.807, 2.05) is 11.8 Å². The fourth-order valence-corrected chi connectivity index (χ4v) is 2.65. The predicted molar refractivity (Wildman–Crippen MR) is 58.3 cm³/mol. The third-order valence-electron chi connectivity index (χ3n) is 2.68. The third kappa shape index (κ3) is 1.61. The molecule has 1 aliphatic rings. The highest BCUT2D eigenvalue weighted by Gasteiger charge is 2.17. The fraction of sp³-hybridized carbons (Fsp3) is 0.455. The second kappa shape index (κ2) is 3.72. The molecule has 0 saturated carbocycles. The lowest BCUT2D eigenvalue weighted by molar-refractivity contribution is 0.536. The van der Waals surface area contributed by atoms with Crippen molar-refractivity contribution in [1.82, 2.24) is 5.32 Å². The van der Waals surface area contributed by atoms with Crippen LogP contribution < -0.4 is 5.32 Å². The molecule has 0 aromatic heterocycles. The Morgan fingerprint density at radius 2 is 2.31 bits per heavy atom. The van der Waals surface area contributed by atoms with E-state index in [0.29, 0.717) is 6.04 Å². The van der Waals surface area contributed by atoms with Crippen molar-refractivity contribution < 1.29 is 0 Å². The van der Waals surface area contributed by atoms with Crippen LogP contribution in [-0.2, 0) is 6.42 Å².